The topological polar surface area (TPSA) is 89.2 Å². The van der Waals surface area contributed by atoms with Gasteiger partial charge in [-0.25, -0.2) is 9.48 Å². The normalized spacial score (nSPS) is 19.0. The van der Waals surface area contributed by atoms with Gasteiger partial charge >= 0.3 is 5.69 Å². The number of likely N-dealkylation sites (tertiary alicyclic amines) is 1. The van der Waals surface area contributed by atoms with Gasteiger partial charge in [-0.15, -0.1) is 0 Å². The van der Waals surface area contributed by atoms with Crippen LogP contribution in [0.15, 0.2) is 4.79 Å². The van der Waals surface area contributed by atoms with Crippen molar-refractivity contribution in [2.45, 2.75) is 71.0 Å². The Morgan fingerprint density at radius 2 is 1.76 bits per heavy atom. The molecule has 3 heterocycles. The molecule has 1 N–H and O–H groups in total. The Kier molecular flexibility index (Phi) is 5.55. The first-order valence-corrected chi connectivity index (χ1v) is 9.31. The zero-order chi connectivity index (χ0) is 17.8. The second-order valence-corrected chi connectivity index (χ2v) is 6.99. The second-order valence-electron chi connectivity index (χ2n) is 6.99. The highest BCUT2D eigenvalue weighted by atomic mass is 16.2. The summed E-state index contributed by atoms with van der Waals surface area (Å²) in [6, 6.07) is -0.582. The minimum Gasteiger partial charge on any atom is -0.343 e. The van der Waals surface area contributed by atoms with Gasteiger partial charge in [0, 0.05) is 26.1 Å². The van der Waals surface area contributed by atoms with E-state index in [1.807, 2.05) is 0 Å². The van der Waals surface area contributed by atoms with Crippen LogP contribution < -0.4 is 11.0 Å². The SMILES string of the molecule is C[C@@H](NC(=O)Cn1nc2n(c1=O)CCCCC2)C(=O)N1CCCCC1. The van der Waals surface area contributed by atoms with Gasteiger partial charge in [-0.3, -0.25) is 14.2 Å². The summed E-state index contributed by atoms with van der Waals surface area (Å²) in [4.78, 5) is 38.8. The van der Waals surface area contributed by atoms with Crippen LogP contribution in [0.3, 0.4) is 0 Å². The van der Waals surface area contributed by atoms with Crippen molar-refractivity contribution in [2.24, 2.45) is 0 Å². The van der Waals surface area contributed by atoms with Crippen molar-refractivity contribution in [3.8, 4) is 0 Å². The average molecular weight is 349 g/mol. The number of hydrogen-bond donors (Lipinski definition) is 1. The summed E-state index contributed by atoms with van der Waals surface area (Å²) >= 11 is 0. The van der Waals surface area contributed by atoms with Crippen molar-refractivity contribution in [1.29, 1.82) is 0 Å². The molecule has 1 aromatic heterocycles. The molecule has 0 spiro atoms. The summed E-state index contributed by atoms with van der Waals surface area (Å²) in [5.41, 5.74) is -0.234. The van der Waals surface area contributed by atoms with E-state index in [0.717, 1.165) is 63.9 Å². The molecular weight excluding hydrogens is 322 g/mol. The van der Waals surface area contributed by atoms with Crippen LogP contribution in [0.1, 0.15) is 51.3 Å². The van der Waals surface area contributed by atoms with Crippen molar-refractivity contribution in [3.63, 3.8) is 0 Å². The minimum absolute atomic E-state index is 0.0546. The Hall–Kier alpha value is -2.12. The van der Waals surface area contributed by atoms with E-state index in [0.29, 0.717) is 6.54 Å². The molecule has 0 aromatic carbocycles. The number of nitrogens with zero attached hydrogens (tertiary/aromatic N) is 4. The maximum absolute atomic E-state index is 12.4. The van der Waals surface area contributed by atoms with Crippen LogP contribution >= 0.6 is 0 Å². The molecule has 2 amide bonds. The number of rotatable bonds is 4. The van der Waals surface area contributed by atoms with Gasteiger partial charge in [-0.2, -0.15) is 5.10 Å². The lowest BCUT2D eigenvalue weighted by molar-refractivity contribution is -0.136. The predicted octanol–water partition coefficient (Wildman–Crippen LogP) is 0.288. The third-order valence-electron chi connectivity index (χ3n) is 4.99. The standard InChI is InChI=1S/C17H27N5O3/c1-13(16(24)20-9-5-3-6-10-20)18-15(23)12-22-17(25)21-11-7-2-4-8-14(21)19-22/h13H,2-12H2,1H3,(H,18,23)/t13-/m1/s1. The molecule has 1 aromatic rings. The highest BCUT2D eigenvalue weighted by Crippen LogP contribution is 2.11. The number of fused-ring (bicyclic) bond motifs is 1. The van der Waals surface area contributed by atoms with Gasteiger partial charge in [-0.05, 0) is 39.0 Å². The van der Waals surface area contributed by atoms with Gasteiger partial charge in [0.15, 0.2) is 0 Å². The van der Waals surface area contributed by atoms with E-state index in [2.05, 4.69) is 10.4 Å². The van der Waals surface area contributed by atoms with Gasteiger partial charge < -0.3 is 10.2 Å². The highest BCUT2D eigenvalue weighted by molar-refractivity contribution is 5.87. The number of aryl methyl sites for hydroxylation is 1. The van der Waals surface area contributed by atoms with Gasteiger partial charge in [0.25, 0.3) is 0 Å². The molecule has 0 saturated carbocycles. The number of nitrogens with one attached hydrogen (secondary N) is 1. The number of amides is 2. The third-order valence-corrected chi connectivity index (χ3v) is 4.99. The smallest absolute Gasteiger partial charge is 0.343 e. The molecule has 2 aliphatic heterocycles. The summed E-state index contributed by atoms with van der Waals surface area (Å²) in [7, 11) is 0. The van der Waals surface area contributed by atoms with E-state index >= 15 is 0 Å². The summed E-state index contributed by atoms with van der Waals surface area (Å²) in [5, 5.41) is 7.01. The van der Waals surface area contributed by atoms with Crippen molar-refractivity contribution >= 4 is 11.8 Å². The summed E-state index contributed by atoms with van der Waals surface area (Å²) in [5.74, 6) is 0.349. The predicted molar refractivity (Wildman–Crippen MR) is 92.1 cm³/mol. The van der Waals surface area contributed by atoms with E-state index in [-0.39, 0.29) is 24.0 Å². The fourth-order valence-corrected chi connectivity index (χ4v) is 3.60. The molecule has 8 nitrogen and oxygen atoms in total. The van der Waals surface area contributed by atoms with Gasteiger partial charge in [0.1, 0.15) is 18.4 Å². The van der Waals surface area contributed by atoms with Crippen molar-refractivity contribution < 1.29 is 9.59 Å². The molecular formula is C17H27N5O3. The second kappa shape index (κ2) is 7.84. The molecule has 1 saturated heterocycles. The zero-order valence-electron chi connectivity index (χ0n) is 14.9. The molecule has 25 heavy (non-hydrogen) atoms. The first-order valence-electron chi connectivity index (χ1n) is 9.31. The van der Waals surface area contributed by atoms with Crippen LogP contribution in [-0.2, 0) is 29.1 Å². The summed E-state index contributed by atoms with van der Waals surface area (Å²) in [6.07, 6.45) is 7.03. The molecule has 1 atom stereocenters. The fourth-order valence-electron chi connectivity index (χ4n) is 3.60. The lowest BCUT2D eigenvalue weighted by Gasteiger charge is -2.29. The lowest BCUT2D eigenvalue weighted by Crippen LogP contribution is -2.49. The van der Waals surface area contributed by atoms with E-state index in [1.54, 1.807) is 16.4 Å². The number of hydrogen-bond acceptors (Lipinski definition) is 4. The molecule has 1 fully saturated rings. The maximum atomic E-state index is 12.4. The van der Waals surface area contributed by atoms with Crippen LogP contribution in [0.25, 0.3) is 0 Å². The summed E-state index contributed by atoms with van der Waals surface area (Å²) in [6.45, 7) is 3.73. The van der Waals surface area contributed by atoms with Gasteiger partial charge in [-0.1, -0.05) is 6.42 Å². The van der Waals surface area contributed by atoms with Crippen LogP contribution in [0.4, 0.5) is 0 Å². The molecule has 2 aliphatic rings. The quantitative estimate of drug-likeness (QED) is 0.846. The fraction of sp³-hybridized carbons (Fsp3) is 0.765. The number of aromatic nitrogens is 3. The highest BCUT2D eigenvalue weighted by Gasteiger charge is 2.24. The molecule has 0 unspecified atom stereocenters. The number of carbonyl (C=O) groups excluding carboxylic acids is 2. The Morgan fingerprint density at radius 1 is 1.08 bits per heavy atom. The van der Waals surface area contributed by atoms with E-state index in [4.69, 9.17) is 0 Å². The molecule has 0 radical (unpaired) electrons. The van der Waals surface area contributed by atoms with Crippen LogP contribution in [-0.4, -0.2) is 50.2 Å². The molecule has 0 bridgehead atoms. The van der Waals surface area contributed by atoms with Gasteiger partial charge in [0.05, 0.1) is 0 Å². The van der Waals surface area contributed by atoms with Crippen molar-refractivity contribution in [2.75, 3.05) is 13.1 Å². The average Bonchev–Trinajstić information content (AvgIpc) is 2.78. The molecule has 3 rings (SSSR count). The number of piperidine rings is 1. The monoisotopic (exact) mass is 349 g/mol. The third kappa shape index (κ3) is 4.11. The zero-order valence-corrected chi connectivity index (χ0v) is 14.9. The Morgan fingerprint density at radius 3 is 2.52 bits per heavy atom. The molecule has 8 heteroatoms. The van der Waals surface area contributed by atoms with Crippen molar-refractivity contribution in [3.05, 3.63) is 16.3 Å². The van der Waals surface area contributed by atoms with Crippen LogP contribution in [0.5, 0.6) is 0 Å². The van der Waals surface area contributed by atoms with Crippen LogP contribution in [0.2, 0.25) is 0 Å². The van der Waals surface area contributed by atoms with E-state index < -0.39 is 6.04 Å². The van der Waals surface area contributed by atoms with E-state index in [9.17, 15) is 14.4 Å². The van der Waals surface area contributed by atoms with E-state index in [1.165, 1.54) is 4.68 Å². The largest absolute Gasteiger partial charge is 0.346 e. The first kappa shape index (κ1) is 17.7. The Bertz CT molecular complexity index is 687. The van der Waals surface area contributed by atoms with Gasteiger partial charge in [0.2, 0.25) is 11.8 Å². The lowest BCUT2D eigenvalue weighted by atomic mass is 10.1. The number of carbonyl (C=O) groups is 2. The Labute approximate surface area is 147 Å². The summed E-state index contributed by atoms with van der Waals surface area (Å²) < 4.78 is 2.89. The first-order chi connectivity index (χ1) is 12.1. The Balaban J connectivity index is 1.59. The minimum atomic E-state index is -0.582. The van der Waals surface area contributed by atoms with Crippen LogP contribution in [0, 0.1) is 0 Å². The maximum Gasteiger partial charge on any atom is 0.346 e. The van der Waals surface area contributed by atoms with Crippen molar-refractivity contribution in [1.82, 2.24) is 24.6 Å². The molecule has 138 valence electrons. The molecule has 0 aliphatic carbocycles.